The second kappa shape index (κ2) is 5.91. The molecule has 108 valence electrons. The number of thiophene rings is 1. The van der Waals surface area contributed by atoms with Gasteiger partial charge in [-0.05, 0) is 31.2 Å². The van der Waals surface area contributed by atoms with Gasteiger partial charge < -0.3 is 5.11 Å². The highest BCUT2D eigenvalue weighted by molar-refractivity contribution is 7.93. The van der Waals surface area contributed by atoms with E-state index in [0.29, 0.717) is 14.8 Å². The number of benzene rings is 1. The molecule has 0 saturated heterocycles. The highest BCUT2D eigenvalue weighted by atomic mass is 35.5. The lowest BCUT2D eigenvalue weighted by molar-refractivity contribution is 0.285. The van der Waals surface area contributed by atoms with Crippen LogP contribution in [0.15, 0.2) is 29.2 Å². The highest BCUT2D eigenvalue weighted by Crippen LogP contribution is 2.30. The lowest BCUT2D eigenvalue weighted by Crippen LogP contribution is -2.13. The number of hydrogen-bond acceptors (Lipinski definition) is 4. The van der Waals surface area contributed by atoms with Crippen LogP contribution in [0.1, 0.15) is 9.75 Å². The molecule has 0 spiro atoms. The maximum atomic E-state index is 12.3. The Bertz CT molecular complexity index is 741. The van der Waals surface area contributed by atoms with Crippen molar-refractivity contribution in [2.45, 2.75) is 18.4 Å². The number of hydrogen-bond donors (Lipinski definition) is 2. The summed E-state index contributed by atoms with van der Waals surface area (Å²) in [6, 6.07) is 5.95. The molecule has 2 rings (SSSR count). The van der Waals surface area contributed by atoms with E-state index in [2.05, 4.69) is 4.72 Å². The quantitative estimate of drug-likeness (QED) is 0.883. The van der Waals surface area contributed by atoms with Crippen molar-refractivity contribution in [2.24, 2.45) is 0 Å². The van der Waals surface area contributed by atoms with E-state index in [1.165, 1.54) is 29.5 Å². The molecule has 1 aromatic heterocycles. The molecule has 0 saturated carbocycles. The third-order valence-corrected chi connectivity index (χ3v) is 5.75. The molecular weight excluding hydrogens is 341 g/mol. The summed E-state index contributed by atoms with van der Waals surface area (Å²) in [5, 5.41) is 9.71. The first-order valence-electron chi connectivity index (χ1n) is 5.51. The van der Waals surface area contributed by atoms with E-state index in [9.17, 15) is 8.42 Å². The second-order valence-electron chi connectivity index (χ2n) is 4.02. The number of nitrogens with one attached hydrogen (secondary N) is 1. The zero-order valence-electron chi connectivity index (χ0n) is 10.4. The fourth-order valence-electron chi connectivity index (χ4n) is 1.64. The number of aliphatic hydroxyl groups excluding tert-OH is 1. The van der Waals surface area contributed by atoms with Gasteiger partial charge in [-0.3, -0.25) is 4.72 Å². The number of sulfonamides is 1. The van der Waals surface area contributed by atoms with Crippen LogP contribution in [0.2, 0.25) is 10.0 Å². The minimum absolute atomic E-state index is 0.137. The lowest BCUT2D eigenvalue weighted by Gasteiger charge is -2.09. The largest absolute Gasteiger partial charge is 0.391 e. The van der Waals surface area contributed by atoms with Gasteiger partial charge in [0.15, 0.2) is 0 Å². The molecule has 0 amide bonds. The van der Waals surface area contributed by atoms with Crippen molar-refractivity contribution in [1.29, 1.82) is 0 Å². The van der Waals surface area contributed by atoms with E-state index in [1.807, 2.05) is 0 Å². The molecule has 0 aliphatic carbocycles. The SMILES string of the molecule is Cc1sc(CO)cc1S(=O)(=O)Nc1ccc(Cl)cc1Cl. The lowest BCUT2D eigenvalue weighted by atomic mass is 10.3. The fraction of sp³-hybridized carbons (Fsp3) is 0.167. The Labute approximate surface area is 131 Å². The van der Waals surface area contributed by atoms with Crippen molar-refractivity contribution in [3.8, 4) is 0 Å². The smallest absolute Gasteiger partial charge is 0.263 e. The molecule has 2 aromatic rings. The first-order valence-corrected chi connectivity index (χ1v) is 8.57. The van der Waals surface area contributed by atoms with E-state index >= 15 is 0 Å². The normalized spacial score (nSPS) is 11.6. The van der Waals surface area contributed by atoms with Gasteiger partial charge in [0.25, 0.3) is 10.0 Å². The van der Waals surface area contributed by atoms with Crippen LogP contribution < -0.4 is 4.72 Å². The molecule has 0 bridgehead atoms. The summed E-state index contributed by atoms with van der Waals surface area (Å²) in [6.45, 7) is 1.49. The van der Waals surface area contributed by atoms with Crippen molar-refractivity contribution >= 4 is 50.2 Å². The Kier molecular flexibility index (Phi) is 4.61. The summed E-state index contributed by atoms with van der Waals surface area (Å²) in [5.74, 6) is 0. The Morgan fingerprint density at radius 2 is 2.00 bits per heavy atom. The molecule has 1 aromatic carbocycles. The van der Waals surface area contributed by atoms with Crippen molar-refractivity contribution in [2.75, 3.05) is 4.72 Å². The van der Waals surface area contributed by atoms with Crippen LogP contribution in [0.25, 0.3) is 0 Å². The molecule has 0 aliphatic heterocycles. The Morgan fingerprint density at radius 1 is 1.30 bits per heavy atom. The van der Waals surface area contributed by atoms with Gasteiger partial charge >= 0.3 is 0 Å². The predicted molar refractivity (Wildman–Crippen MR) is 82.2 cm³/mol. The standard InChI is InChI=1S/C12H11Cl2NO3S2/c1-7-12(5-9(6-16)19-7)20(17,18)15-11-3-2-8(13)4-10(11)14/h2-5,15-16H,6H2,1H3. The predicted octanol–water partition coefficient (Wildman–Crippen LogP) is 3.66. The third kappa shape index (κ3) is 3.27. The van der Waals surface area contributed by atoms with Gasteiger partial charge in [-0.15, -0.1) is 11.3 Å². The average Bonchev–Trinajstić information content (AvgIpc) is 2.75. The van der Waals surface area contributed by atoms with E-state index in [1.54, 1.807) is 13.0 Å². The topological polar surface area (TPSA) is 66.4 Å². The van der Waals surface area contributed by atoms with Crippen LogP contribution >= 0.6 is 34.5 Å². The molecule has 4 nitrogen and oxygen atoms in total. The van der Waals surface area contributed by atoms with Crippen LogP contribution in [0.5, 0.6) is 0 Å². The van der Waals surface area contributed by atoms with Crippen LogP contribution in [0.4, 0.5) is 5.69 Å². The maximum absolute atomic E-state index is 12.3. The van der Waals surface area contributed by atoms with Gasteiger partial charge in [-0.25, -0.2) is 8.42 Å². The van der Waals surface area contributed by atoms with E-state index in [-0.39, 0.29) is 22.2 Å². The van der Waals surface area contributed by atoms with Crippen LogP contribution in [0.3, 0.4) is 0 Å². The van der Waals surface area contributed by atoms with Crippen molar-refractivity contribution < 1.29 is 13.5 Å². The summed E-state index contributed by atoms with van der Waals surface area (Å²) in [4.78, 5) is 1.33. The summed E-state index contributed by atoms with van der Waals surface area (Å²) in [7, 11) is -3.75. The minimum atomic E-state index is -3.75. The zero-order chi connectivity index (χ0) is 14.9. The minimum Gasteiger partial charge on any atom is -0.391 e. The van der Waals surface area contributed by atoms with E-state index < -0.39 is 10.0 Å². The summed E-state index contributed by atoms with van der Waals surface area (Å²) >= 11 is 12.9. The first-order chi connectivity index (χ1) is 9.33. The number of aliphatic hydroxyl groups is 1. The molecule has 0 fully saturated rings. The van der Waals surface area contributed by atoms with Crippen LogP contribution in [0, 0.1) is 6.92 Å². The Balaban J connectivity index is 2.38. The monoisotopic (exact) mass is 351 g/mol. The molecular formula is C12H11Cl2NO3S2. The number of rotatable bonds is 4. The zero-order valence-corrected chi connectivity index (χ0v) is 13.5. The molecule has 20 heavy (non-hydrogen) atoms. The average molecular weight is 352 g/mol. The van der Waals surface area contributed by atoms with Gasteiger partial charge in [-0.2, -0.15) is 0 Å². The molecule has 0 unspecified atom stereocenters. The molecule has 8 heteroatoms. The van der Waals surface area contributed by atoms with Crippen molar-refractivity contribution in [3.05, 3.63) is 44.1 Å². The van der Waals surface area contributed by atoms with Gasteiger partial charge in [0.05, 0.1) is 17.3 Å². The number of anilines is 1. The summed E-state index contributed by atoms with van der Waals surface area (Å²) < 4.78 is 27.0. The van der Waals surface area contributed by atoms with E-state index in [0.717, 1.165) is 0 Å². The van der Waals surface area contributed by atoms with Gasteiger partial charge in [0.2, 0.25) is 0 Å². The first kappa shape index (κ1) is 15.6. The van der Waals surface area contributed by atoms with Crippen LogP contribution in [-0.4, -0.2) is 13.5 Å². The number of halogens is 2. The molecule has 0 atom stereocenters. The molecule has 1 heterocycles. The van der Waals surface area contributed by atoms with Gasteiger partial charge in [0, 0.05) is 14.8 Å². The fourth-order valence-corrected chi connectivity index (χ4v) is 4.73. The second-order valence-corrected chi connectivity index (χ2v) is 7.86. The number of aryl methyl sites for hydroxylation is 1. The van der Waals surface area contributed by atoms with Crippen molar-refractivity contribution in [3.63, 3.8) is 0 Å². The molecule has 2 N–H and O–H groups in total. The maximum Gasteiger partial charge on any atom is 0.263 e. The van der Waals surface area contributed by atoms with Crippen LogP contribution in [-0.2, 0) is 16.6 Å². The molecule has 0 aliphatic rings. The highest BCUT2D eigenvalue weighted by Gasteiger charge is 2.21. The Morgan fingerprint density at radius 3 is 2.55 bits per heavy atom. The summed E-state index contributed by atoms with van der Waals surface area (Å²) in [5.41, 5.74) is 0.257. The Hall–Kier alpha value is -0.790. The van der Waals surface area contributed by atoms with Gasteiger partial charge in [0.1, 0.15) is 4.90 Å². The third-order valence-electron chi connectivity index (χ3n) is 2.54. The van der Waals surface area contributed by atoms with Gasteiger partial charge in [-0.1, -0.05) is 23.2 Å². The van der Waals surface area contributed by atoms with E-state index in [4.69, 9.17) is 28.3 Å². The molecule has 0 radical (unpaired) electrons. The van der Waals surface area contributed by atoms with Crippen molar-refractivity contribution in [1.82, 2.24) is 0 Å². The summed E-state index contributed by atoms with van der Waals surface area (Å²) in [6.07, 6.45) is 0.